The van der Waals surface area contributed by atoms with Crippen molar-refractivity contribution in [3.63, 3.8) is 0 Å². The van der Waals surface area contributed by atoms with Gasteiger partial charge in [-0.05, 0) is 37.7 Å². The van der Waals surface area contributed by atoms with Crippen LogP contribution in [0.1, 0.15) is 18.1 Å². The first-order valence-electron chi connectivity index (χ1n) is 8.26. The van der Waals surface area contributed by atoms with Gasteiger partial charge in [0.25, 0.3) is 0 Å². The summed E-state index contributed by atoms with van der Waals surface area (Å²) in [5.41, 5.74) is 2.12. The standard InChI is InChI=1S/C18H23N3O3S/c1-3-24-18(23)21-12-10-20(11-13-21)17(25)19-16(22)9-8-15-6-4-14(2)5-7-15/h4-9H,3,10-13H2,1-2H3,(H,19,22,25)/b9-8+. The summed E-state index contributed by atoms with van der Waals surface area (Å²) < 4.78 is 4.98. The monoisotopic (exact) mass is 361 g/mol. The molecule has 0 bridgehead atoms. The molecule has 1 aliphatic heterocycles. The number of rotatable bonds is 3. The third-order valence-electron chi connectivity index (χ3n) is 3.83. The second-order valence-electron chi connectivity index (χ2n) is 5.71. The van der Waals surface area contributed by atoms with Gasteiger partial charge in [-0.15, -0.1) is 0 Å². The third kappa shape index (κ3) is 5.86. The van der Waals surface area contributed by atoms with Gasteiger partial charge in [0.05, 0.1) is 6.61 Å². The summed E-state index contributed by atoms with van der Waals surface area (Å²) in [6.07, 6.45) is 2.90. The van der Waals surface area contributed by atoms with E-state index in [9.17, 15) is 9.59 Å². The molecule has 1 heterocycles. The van der Waals surface area contributed by atoms with E-state index in [4.69, 9.17) is 17.0 Å². The van der Waals surface area contributed by atoms with Crippen LogP contribution >= 0.6 is 12.2 Å². The molecule has 0 aromatic heterocycles. The average Bonchev–Trinajstić information content (AvgIpc) is 2.61. The van der Waals surface area contributed by atoms with Gasteiger partial charge in [-0.3, -0.25) is 10.1 Å². The maximum Gasteiger partial charge on any atom is 0.409 e. The Bertz CT molecular complexity index is 650. The molecule has 1 aromatic rings. The number of carbonyl (C=O) groups is 2. The summed E-state index contributed by atoms with van der Waals surface area (Å²) in [5, 5.41) is 3.07. The highest BCUT2D eigenvalue weighted by Gasteiger charge is 2.23. The number of ether oxygens (including phenoxy) is 1. The van der Waals surface area contributed by atoms with Crippen LogP contribution in [0, 0.1) is 6.92 Å². The van der Waals surface area contributed by atoms with Crippen LogP contribution in [0.15, 0.2) is 30.3 Å². The van der Waals surface area contributed by atoms with Crippen molar-refractivity contribution in [3.05, 3.63) is 41.5 Å². The average molecular weight is 361 g/mol. The Kier molecular flexibility index (Phi) is 6.94. The lowest BCUT2D eigenvalue weighted by Gasteiger charge is -2.35. The predicted molar refractivity (Wildman–Crippen MR) is 101 cm³/mol. The minimum absolute atomic E-state index is 0.265. The first kappa shape index (κ1) is 18.9. The molecule has 0 unspecified atom stereocenters. The number of benzene rings is 1. The van der Waals surface area contributed by atoms with Crippen molar-refractivity contribution >= 4 is 35.4 Å². The van der Waals surface area contributed by atoms with E-state index in [-0.39, 0.29) is 12.0 Å². The Morgan fingerprint density at radius 2 is 1.76 bits per heavy atom. The van der Waals surface area contributed by atoms with Gasteiger partial charge in [0.1, 0.15) is 0 Å². The summed E-state index contributed by atoms with van der Waals surface area (Å²) in [7, 11) is 0. The Hall–Kier alpha value is -2.41. The van der Waals surface area contributed by atoms with E-state index in [1.54, 1.807) is 17.9 Å². The summed E-state index contributed by atoms with van der Waals surface area (Å²) in [6, 6.07) is 7.88. The third-order valence-corrected chi connectivity index (χ3v) is 4.19. The minimum atomic E-state index is -0.307. The molecule has 0 spiro atoms. The zero-order valence-corrected chi connectivity index (χ0v) is 15.3. The predicted octanol–water partition coefficient (Wildman–Crippen LogP) is 2.18. The number of carbonyl (C=O) groups excluding carboxylic acids is 2. The van der Waals surface area contributed by atoms with Crippen molar-refractivity contribution in [2.45, 2.75) is 13.8 Å². The largest absolute Gasteiger partial charge is 0.450 e. The van der Waals surface area contributed by atoms with Crippen LogP contribution in [-0.2, 0) is 9.53 Å². The van der Waals surface area contributed by atoms with E-state index in [1.165, 1.54) is 11.6 Å². The number of hydrogen-bond acceptors (Lipinski definition) is 4. The molecule has 0 aliphatic carbocycles. The van der Waals surface area contributed by atoms with Crippen molar-refractivity contribution in [1.82, 2.24) is 15.1 Å². The molecular weight excluding hydrogens is 338 g/mol. The maximum atomic E-state index is 12.0. The highest BCUT2D eigenvalue weighted by atomic mass is 32.1. The minimum Gasteiger partial charge on any atom is -0.450 e. The smallest absolute Gasteiger partial charge is 0.409 e. The Morgan fingerprint density at radius 3 is 2.36 bits per heavy atom. The van der Waals surface area contributed by atoms with Gasteiger partial charge in [0.15, 0.2) is 5.11 Å². The van der Waals surface area contributed by atoms with E-state index >= 15 is 0 Å². The number of aryl methyl sites for hydroxylation is 1. The molecule has 25 heavy (non-hydrogen) atoms. The lowest BCUT2D eigenvalue weighted by atomic mass is 10.1. The number of amides is 2. The molecule has 6 nitrogen and oxygen atoms in total. The van der Waals surface area contributed by atoms with Crippen LogP contribution in [0.4, 0.5) is 4.79 Å². The Labute approximate surface area is 153 Å². The van der Waals surface area contributed by atoms with Gasteiger partial charge >= 0.3 is 6.09 Å². The van der Waals surface area contributed by atoms with Gasteiger partial charge in [0.2, 0.25) is 5.91 Å². The lowest BCUT2D eigenvalue weighted by Crippen LogP contribution is -2.53. The molecule has 134 valence electrons. The van der Waals surface area contributed by atoms with Crippen LogP contribution in [0.3, 0.4) is 0 Å². The molecule has 1 aromatic carbocycles. The van der Waals surface area contributed by atoms with Crippen LogP contribution in [0.5, 0.6) is 0 Å². The molecule has 2 amide bonds. The molecule has 1 N–H and O–H groups in total. The van der Waals surface area contributed by atoms with Crippen LogP contribution in [0.25, 0.3) is 6.08 Å². The fourth-order valence-electron chi connectivity index (χ4n) is 2.38. The van der Waals surface area contributed by atoms with E-state index in [1.807, 2.05) is 36.1 Å². The maximum absolute atomic E-state index is 12.0. The molecule has 7 heteroatoms. The zero-order chi connectivity index (χ0) is 18.2. The fraction of sp³-hybridized carbons (Fsp3) is 0.389. The molecule has 0 saturated carbocycles. The van der Waals surface area contributed by atoms with Crippen LogP contribution < -0.4 is 5.32 Å². The molecule has 2 rings (SSSR count). The van der Waals surface area contributed by atoms with Crippen molar-refractivity contribution < 1.29 is 14.3 Å². The highest BCUT2D eigenvalue weighted by Crippen LogP contribution is 2.06. The normalized spacial score (nSPS) is 14.5. The van der Waals surface area contributed by atoms with Crippen molar-refractivity contribution in [1.29, 1.82) is 0 Å². The van der Waals surface area contributed by atoms with Crippen LogP contribution in [-0.4, -0.2) is 59.7 Å². The van der Waals surface area contributed by atoms with Crippen LogP contribution in [0.2, 0.25) is 0 Å². The molecule has 0 radical (unpaired) electrons. The lowest BCUT2D eigenvalue weighted by molar-refractivity contribution is -0.115. The summed E-state index contributed by atoms with van der Waals surface area (Å²) in [5.74, 6) is -0.265. The first-order valence-corrected chi connectivity index (χ1v) is 8.66. The molecule has 1 fully saturated rings. The number of thiocarbonyl (C=S) groups is 1. The Balaban J connectivity index is 1.79. The van der Waals surface area contributed by atoms with Gasteiger partial charge in [-0.2, -0.15) is 0 Å². The molecule has 0 atom stereocenters. The molecule has 1 aliphatic rings. The van der Waals surface area contributed by atoms with Gasteiger partial charge in [-0.1, -0.05) is 29.8 Å². The van der Waals surface area contributed by atoms with E-state index in [2.05, 4.69) is 5.32 Å². The van der Waals surface area contributed by atoms with Crippen molar-refractivity contribution in [2.24, 2.45) is 0 Å². The van der Waals surface area contributed by atoms with E-state index in [0.29, 0.717) is 37.9 Å². The SMILES string of the molecule is CCOC(=O)N1CCN(C(=S)NC(=O)/C=C/c2ccc(C)cc2)CC1. The first-order chi connectivity index (χ1) is 12.0. The van der Waals surface area contributed by atoms with Crippen molar-refractivity contribution in [3.8, 4) is 0 Å². The summed E-state index contributed by atoms with van der Waals surface area (Å²) in [6.45, 7) is 6.34. The van der Waals surface area contributed by atoms with Gasteiger partial charge < -0.3 is 14.5 Å². The van der Waals surface area contributed by atoms with Gasteiger partial charge in [0, 0.05) is 32.3 Å². The second kappa shape index (κ2) is 9.17. The topological polar surface area (TPSA) is 61.9 Å². The van der Waals surface area contributed by atoms with Crippen molar-refractivity contribution in [2.75, 3.05) is 32.8 Å². The number of hydrogen-bond donors (Lipinski definition) is 1. The highest BCUT2D eigenvalue weighted by molar-refractivity contribution is 7.80. The number of piperazine rings is 1. The van der Waals surface area contributed by atoms with Gasteiger partial charge in [-0.25, -0.2) is 4.79 Å². The molecular formula is C18H23N3O3S. The number of nitrogens with one attached hydrogen (secondary N) is 1. The van der Waals surface area contributed by atoms with E-state index < -0.39 is 0 Å². The fourth-order valence-corrected chi connectivity index (χ4v) is 2.67. The quantitative estimate of drug-likeness (QED) is 0.660. The summed E-state index contributed by atoms with van der Waals surface area (Å²) >= 11 is 5.28. The zero-order valence-electron chi connectivity index (χ0n) is 14.5. The number of nitrogens with zero attached hydrogens (tertiary/aromatic N) is 2. The summed E-state index contributed by atoms with van der Waals surface area (Å²) in [4.78, 5) is 27.2. The Morgan fingerprint density at radius 1 is 1.16 bits per heavy atom. The second-order valence-corrected chi connectivity index (χ2v) is 6.10. The van der Waals surface area contributed by atoms with E-state index in [0.717, 1.165) is 5.56 Å². The molecule has 1 saturated heterocycles.